The van der Waals surface area contributed by atoms with Crippen molar-refractivity contribution in [1.82, 2.24) is 0 Å². The van der Waals surface area contributed by atoms with Gasteiger partial charge in [0, 0.05) is 6.42 Å². The Hall–Kier alpha value is 0.770. The van der Waals surface area contributed by atoms with Crippen LogP contribution in [0.5, 0.6) is 0 Å². The van der Waals surface area contributed by atoms with E-state index in [1.807, 2.05) is 0 Å². The van der Waals surface area contributed by atoms with Crippen LogP contribution in [0, 0.1) is 23.2 Å². The third kappa shape index (κ3) is 2.89. The largest absolute Gasteiger partial charge is 1.00 e. The molecule has 0 aromatic carbocycles. The Balaban J connectivity index is 0.00000133. The molecule has 0 unspecified atom stereocenters. The van der Waals surface area contributed by atoms with Gasteiger partial charge >= 0.3 is 34.8 Å². The Labute approximate surface area is 134 Å². The van der Waals surface area contributed by atoms with Crippen molar-refractivity contribution < 1.29 is 51.3 Å². The van der Waals surface area contributed by atoms with Crippen LogP contribution in [0.3, 0.4) is 0 Å². The summed E-state index contributed by atoms with van der Waals surface area (Å²) < 4.78 is 59.1. The molecule has 0 spiro atoms. The first-order valence-electron chi connectivity index (χ1n) is 6.52. The van der Waals surface area contributed by atoms with Crippen LogP contribution >= 0.6 is 0 Å². The number of hydrogen-bond donors (Lipinski definition) is 0. The van der Waals surface area contributed by atoms with Gasteiger partial charge in [-0.25, -0.2) is 8.42 Å². The second-order valence-corrected chi connectivity index (χ2v) is 8.19. The summed E-state index contributed by atoms with van der Waals surface area (Å²) in [5, 5.41) is -4.10. The van der Waals surface area contributed by atoms with Crippen LogP contribution in [0.25, 0.3) is 0 Å². The number of halogens is 2. The van der Waals surface area contributed by atoms with Crippen LogP contribution in [-0.4, -0.2) is 18.2 Å². The average Bonchev–Trinajstić information content (AvgIpc) is 2.10. The topological polar surface area (TPSA) is 57.2 Å². The van der Waals surface area contributed by atoms with Gasteiger partial charge in [0.15, 0.2) is 10.1 Å². The number of rotatable bonds is 3. The summed E-state index contributed by atoms with van der Waals surface area (Å²) >= 11 is 0. The van der Waals surface area contributed by atoms with Gasteiger partial charge in [0.25, 0.3) is 0 Å². The van der Waals surface area contributed by atoms with Gasteiger partial charge in [-0.2, -0.15) is 8.78 Å². The van der Waals surface area contributed by atoms with Crippen molar-refractivity contribution in [2.75, 3.05) is 0 Å². The molecule has 4 saturated carbocycles. The minimum atomic E-state index is -5.53. The summed E-state index contributed by atoms with van der Waals surface area (Å²) in [4.78, 5) is 0. The molecule has 0 amide bonds. The molecule has 104 valence electrons. The van der Waals surface area contributed by atoms with Gasteiger partial charge in [-0.1, -0.05) is 0 Å². The molecular weight excluding hydrogens is 285 g/mol. The maximum Gasteiger partial charge on any atom is 1.00 e. The van der Waals surface area contributed by atoms with E-state index in [9.17, 15) is 21.8 Å². The van der Waals surface area contributed by atoms with Crippen molar-refractivity contribution in [2.45, 2.75) is 50.2 Å². The van der Waals surface area contributed by atoms with E-state index in [4.69, 9.17) is 0 Å². The van der Waals surface area contributed by atoms with E-state index in [0.717, 1.165) is 19.3 Å². The molecule has 0 saturated heterocycles. The van der Waals surface area contributed by atoms with Gasteiger partial charge in [0.1, 0.15) is 0 Å². The van der Waals surface area contributed by atoms with Crippen LogP contribution < -0.4 is 29.6 Å². The van der Waals surface area contributed by atoms with Crippen molar-refractivity contribution >= 4 is 10.1 Å². The minimum absolute atomic E-state index is 0. The number of hydrogen-bond acceptors (Lipinski definition) is 3. The predicted octanol–water partition coefficient (Wildman–Crippen LogP) is -0.265. The fourth-order valence-corrected chi connectivity index (χ4v) is 5.51. The molecule has 19 heavy (non-hydrogen) atoms. The van der Waals surface area contributed by atoms with Gasteiger partial charge in [0.2, 0.25) is 0 Å². The summed E-state index contributed by atoms with van der Waals surface area (Å²) in [5.74, 6) is 1.42. The first kappa shape index (κ1) is 16.1. The van der Waals surface area contributed by atoms with Gasteiger partial charge in [-0.05, 0) is 61.7 Å². The SMILES string of the molecule is O=S(=O)([O-])C(F)(F)CC12CC3CC(CC(C3)C1)C2.[Na+]. The average molecular weight is 302 g/mol. The van der Waals surface area contributed by atoms with Crippen molar-refractivity contribution in [3.63, 3.8) is 0 Å². The second kappa shape index (κ2) is 4.90. The third-order valence-electron chi connectivity index (χ3n) is 5.11. The van der Waals surface area contributed by atoms with E-state index in [0.29, 0.717) is 37.0 Å². The van der Waals surface area contributed by atoms with E-state index in [1.54, 1.807) is 0 Å². The molecule has 0 aromatic heterocycles. The van der Waals surface area contributed by atoms with E-state index >= 15 is 0 Å². The zero-order valence-corrected chi connectivity index (χ0v) is 13.9. The Morgan fingerprint density at radius 3 is 1.74 bits per heavy atom. The maximum atomic E-state index is 13.5. The monoisotopic (exact) mass is 302 g/mol. The Bertz CT molecular complexity index is 428. The Morgan fingerprint density at radius 2 is 1.42 bits per heavy atom. The molecule has 4 aliphatic rings. The molecule has 4 aliphatic carbocycles. The quantitative estimate of drug-likeness (QED) is 0.533. The molecule has 4 bridgehead atoms. The fourth-order valence-electron chi connectivity index (χ4n) is 5.03. The second-order valence-electron chi connectivity index (χ2n) is 6.69. The van der Waals surface area contributed by atoms with Crippen molar-refractivity contribution in [2.24, 2.45) is 23.2 Å². The molecule has 4 rings (SSSR count). The summed E-state index contributed by atoms with van der Waals surface area (Å²) in [5.41, 5.74) is -0.588. The van der Waals surface area contributed by atoms with Gasteiger partial charge in [-0.3, -0.25) is 0 Å². The molecule has 0 aromatic rings. The normalized spacial score (nSPS) is 41.1. The number of alkyl halides is 2. The van der Waals surface area contributed by atoms with E-state index < -0.39 is 27.2 Å². The third-order valence-corrected chi connectivity index (χ3v) is 5.99. The van der Waals surface area contributed by atoms with Crippen LogP contribution in [0.1, 0.15) is 44.9 Å². The summed E-state index contributed by atoms with van der Waals surface area (Å²) in [6, 6.07) is 0. The Morgan fingerprint density at radius 1 is 1.05 bits per heavy atom. The van der Waals surface area contributed by atoms with Crippen molar-refractivity contribution in [3.8, 4) is 0 Å². The van der Waals surface area contributed by atoms with Crippen LogP contribution in [0.15, 0.2) is 0 Å². The predicted molar refractivity (Wildman–Crippen MR) is 59.9 cm³/mol. The molecule has 0 radical (unpaired) electrons. The smallest absolute Gasteiger partial charge is 0.743 e. The van der Waals surface area contributed by atoms with Crippen LogP contribution in [0.4, 0.5) is 8.78 Å². The van der Waals surface area contributed by atoms with Gasteiger partial charge < -0.3 is 4.55 Å². The molecule has 0 heterocycles. The zero-order chi connectivity index (χ0) is 13.2. The summed E-state index contributed by atoms with van der Waals surface area (Å²) in [6.07, 6.45) is 4.62. The molecule has 0 N–H and O–H groups in total. The van der Waals surface area contributed by atoms with E-state index in [2.05, 4.69) is 0 Å². The first-order valence-corrected chi connectivity index (χ1v) is 7.93. The molecule has 7 heteroatoms. The molecule has 0 atom stereocenters. The molecular formula is C12H17F2NaO3S. The first-order chi connectivity index (χ1) is 8.19. The van der Waals surface area contributed by atoms with Crippen molar-refractivity contribution in [1.29, 1.82) is 0 Å². The van der Waals surface area contributed by atoms with Gasteiger partial charge in [-0.15, -0.1) is 0 Å². The zero-order valence-electron chi connectivity index (χ0n) is 11.1. The van der Waals surface area contributed by atoms with Gasteiger partial charge in [0.05, 0.1) is 0 Å². The Kier molecular flexibility index (Phi) is 4.17. The van der Waals surface area contributed by atoms with Crippen LogP contribution in [-0.2, 0) is 10.1 Å². The molecule has 3 nitrogen and oxygen atoms in total. The standard InChI is InChI=1S/C12H18F2O3S.Na/c13-12(14,18(15,16)17)7-11-4-8-1-9(5-11)3-10(2-8)6-11;/h8-10H,1-7H2,(H,15,16,17);/q;+1/p-1. The van der Waals surface area contributed by atoms with E-state index in [-0.39, 0.29) is 29.6 Å². The summed E-state index contributed by atoms with van der Waals surface area (Å²) in [7, 11) is -5.53. The molecule has 4 fully saturated rings. The minimum Gasteiger partial charge on any atom is -0.743 e. The van der Waals surface area contributed by atoms with Crippen LogP contribution in [0.2, 0.25) is 0 Å². The molecule has 0 aliphatic heterocycles. The maximum absolute atomic E-state index is 13.5. The van der Waals surface area contributed by atoms with E-state index in [1.165, 1.54) is 0 Å². The fraction of sp³-hybridized carbons (Fsp3) is 1.00. The summed E-state index contributed by atoms with van der Waals surface area (Å²) in [6.45, 7) is 0. The van der Waals surface area contributed by atoms with Crippen molar-refractivity contribution in [3.05, 3.63) is 0 Å².